The summed E-state index contributed by atoms with van der Waals surface area (Å²) in [6, 6.07) is 7.71. The van der Waals surface area contributed by atoms with E-state index in [-0.39, 0.29) is 5.82 Å². The van der Waals surface area contributed by atoms with Crippen LogP contribution in [0.25, 0.3) is 0 Å². The van der Waals surface area contributed by atoms with E-state index in [1.165, 1.54) is 12.5 Å². The molecular weight excluding hydrogens is 372 g/mol. The van der Waals surface area contributed by atoms with E-state index in [0.29, 0.717) is 18.1 Å². The van der Waals surface area contributed by atoms with Gasteiger partial charge in [0.2, 0.25) is 0 Å². The number of nitro groups is 1. The minimum Gasteiger partial charge on any atom is -0.358 e. The molecule has 0 atom stereocenters. The first-order valence-electron chi connectivity index (χ1n) is 6.77. The Kier molecular flexibility index (Phi) is 6.35. The topological polar surface area (TPSA) is 64.2 Å². The average molecular weight is 388 g/mol. The second kappa shape index (κ2) is 8.26. The smallest absolute Gasteiger partial charge is 0.342 e. The summed E-state index contributed by atoms with van der Waals surface area (Å²) in [5, 5.41) is 12.4. The number of halogens is 2. The van der Waals surface area contributed by atoms with Gasteiger partial charge in [0.15, 0.2) is 6.33 Å². The molecule has 22 heavy (non-hydrogen) atoms. The van der Waals surface area contributed by atoms with Crippen LogP contribution in [0.3, 0.4) is 0 Å². The van der Waals surface area contributed by atoms with Crippen LogP contribution in [0, 0.1) is 10.1 Å². The fourth-order valence-corrected chi connectivity index (χ4v) is 2.75. The Bertz CT molecular complexity index is 618. The molecule has 0 fully saturated rings. The van der Waals surface area contributed by atoms with Crippen LogP contribution in [-0.2, 0) is 13.1 Å². The number of rotatable bonds is 8. The number of aromatic nitrogens is 2. The first kappa shape index (κ1) is 16.9. The van der Waals surface area contributed by atoms with E-state index in [2.05, 4.69) is 25.8 Å². The Morgan fingerprint density at radius 2 is 2.05 bits per heavy atom. The van der Waals surface area contributed by atoms with Crippen LogP contribution in [0.2, 0.25) is 5.02 Å². The van der Waals surface area contributed by atoms with Crippen molar-refractivity contribution in [2.24, 2.45) is 0 Å². The Labute approximate surface area is 142 Å². The van der Waals surface area contributed by atoms with Gasteiger partial charge in [-0.15, -0.1) is 0 Å². The van der Waals surface area contributed by atoms with E-state index in [0.717, 1.165) is 24.0 Å². The standard InChI is InChI=1S/C14H16BrClN4O2/c15-5-6-18(10-12-1-3-13(16)4-2-12)7-8-19-11-17-9-14(19)20(21)22/h1-4,9,11H,5-8,10H2. The zero-order chi connectivity index (χ0) is 15.9. The van der Waals surface area contributed by atoms with Gasteiger partial charge in [-0.05, 0) is 22.6 Å². The molecule has 0 amide bonds. The summed E-state index contributed by atoms with van der Waals surface area (Å²) in [4.78, 5) is 16.5. The fraction of sp³-hybridized carbons (Fsp3) is 0.357. The van der Waals surface area contributed by atoms with Crippen molar-refractivity contribution < 1.29 is 4.92 Å². The predicted octanol–water partition coefficient (Wildman–Crippen LogP) is 3.34. The van der Waals surface area contributed by atoms with Crippen molar-refractivity contribution in [3.8, 4) is 0 Å². The molecule has 0 N–H and O–H groups in total. The number of hydrogen-bond donors (Lipinski definition) is 0. The molecule has 0 bridgehead atoms. The maximum absolute atomic E-state index is 10.9. The van der Waals surface area contributed by atoms with Gasteiger partial charge in [0, 0.05) is 30.0 Å². The van der Waals surface area contributed by atoms with E-state index >= 15 is 0 Å². The second-order valence-corrected chi connectivity index (χ2v) is 6.02. The van der Waals surface area contributed by atoms with E-state index in [4.69, 9.17) is 11.6 Å². The van der Waals surface area contributed by atoms with Gasteiger partial charge in [0.25, 0.3) is 0 Å². The summed E-state index contributed by atoms with van der Waals surface area (Å²) >= 11 is 9.33. The van der Waals surface area contributed by atoms with Crippen LogP contribution in [0.15, 0.2) is 36.8 Å². The molecule has 0 spiro atoms. The minimum absolute atomic E-state index is 0.0188. The van der Waals surface area contributed by atoms with Crippen molar-refractivity contribution in [2.75, 3.05) is 18.4 Å². The van der Waals surface area contributed by atoms with Crippen LogP contribution in [0.1, 0.15) is 5.56 Å². The van der Waals surface area contributed by atoms with Crippen molar-refractivity contribution in [3.05, 3.63) is 57.5 Å². The predicted molar refractivity (Wildman–Crippen MR) is 89.4 cm³/mol. The molecule has 1 aromatic heterocycles. The fourth-order valence-electron chi connectivity index (χ4n) is 2.12. The first-order valence-corrected chi connectivity index (χ1v) is 8.27. The average Bonchev–Trinajstić information content (AvgIpc) is 2.96. The molecule has 6 nitrogen and oxygen atoms in total. The molecule has 0 unspecified atom stereocenters. The molecule has 1 heterocycles. The Morgan fingerprint density at radius 1 is 1.32 bits per heavy atom. The molecule has 0 radical (unpaired) electrons. The summed E-state index contributed by atoms with van der Waals surface area (Å²) in [5.41, 5.74) is 1.16. The first-order chi connectivity index (χ1) is 10.6. The van der Waals surface area contributed by atoms with Crippen LogP contribution < -0.4 is 0 Å². The molecule has 118 valence electrons. The molecule has 0 saturated carbocycles. The lowest BCUT2D eigenvalue weighted by Crippen LogP contribution is -2.29. The van der Waals surface area contributed by atoms with Crippen molar-refractivity contribution in [3.63, 3.8) is 0 Å². The molecular formula is C14H16BrClN4O2. The summed E-state index contributed by atoms with van der Waals surface area (Å²) < 4.78 is 1.56. The van der Waals surface area contributed by atoms with Gasteiger partial charge in [-0.2, -0.15) is 0 Å². The summed E-state index contributed by atoms with van der Waals surface area (Å²) in [6.07, 6.45) is 2.76. The van der Waals surface area contributed by atoms with E-state index in [9.17, 15) is 10.1 Å². The number of hydrogen-bond acceptors (Lipinski definition) is 4. The van der Waals surface area contributed by atoms with Gasteiger partial charge in [-0.3, -0.25) is 4.90 Å². The summed E-state index contributed by atoms with van der Waals surface area (Å²) in [7, 11) is 0. The normalized spacial score (nSPS) is 11.0. The van der Waals surface area contributed by atoms with Crippen molar-refractivity contribution in [1.82, 2.24) is 14.5 Å². The summed E-state index contributed by atoms with van der Waals surface area (Å²) in [5.74, 6) is 0.0188. The maximum atomic E-state index is 10.9. The largest absolute Gasteiger partial charge is 0.358 e. The second-order valence-electron chi connectivity index (χ2n) is 4.79. The SMILES string of the molecule is O=[N+]([O-])c1cncn1CCN(CCBr)Cc1ccc(Cl)cc1. The zero-order valence-electron chi connectivity index (χ0n) is 11.9. The summed E-state index contributed by atoms with van der Waals surface area (Å²) in [6.45, 7) is 2.85. The monoisotopic (exact) mass is 386 g/mol. The Hall–Kier alpha value is -1.44. The molecule has 1 aromatic carbocycles. The number of nitrogens with zero attached hydrogens (tertiary/aromatic N) is 4. The lowest BCUT2D eigenvalue weighted by atomic mass is 10.2. The van der Waals surface area contributed by atoms with Crippen molar-refractivity contribution in [1.29, 1.82) is 0 Å². The van der Waals surface area contributed by atoms with Crippen LogP contribution in [0.5, 0.6) is 0 Å². The Balaban J connectivity index is 1.98. The highest BCUT2D eigenvalue weighted by Gasteiger charge is 2.14. The van der Waals surface area contributed by atoms with E-state index < -0.39 is 4.92 Å². The lowest BCUT2D eigenvalue weighted by molar-refractivity contribution is -0.392. The maximum Gasteiger partial charge on any atom is 0.342 e. The third-order valence-electron chi connectivity index (χ3n) is 3.25. The molecule has 2 aromatic rings. The van der Waals surface area contributed by atoms with Crippen molar-refractivity contribution in [2.45, 2.75) is 13.1 Å². The highest BCUT2D eigenvalue weighted by molar-refractivity contribution is 9.09. The highest BCUT2D eigenvalue weighted by Crippen LogP contribution is 2.13. The Morgan fingerprint density at radius 3 is 2.68 bits per heavy atom. The van der Waals surface area contributed by atoms with Crippen molar-refractivity contribution >= 4 is 33.3 Å². The van der Waals surface area contributed by atoms with Crippen LogP contribution in [0.4, 0.5) is 5.82 Å². The highest BCUT2D eigenvalue weighted by atomic mass is 79.9. The molecule has 0 aliphatic heterocycles. The van der Waals surface area contributed by atoms with Gasteiger partial charge >= 0.3 is 5.82 Å². The lowest BCUT2D eigenvalue weighted by Gasteiger charge is -2.20. The minimum atomic E-state index is -0.416. The number of imidazole rings is 1. The van der Waals surface area contributed by atoms with Crippen LogP contribution >= 0.6 is 27.5 Å². The molecule has 0 aliphatic rings. The van der Waals surface area contributed by atoms with Gasteiger partial charge in [0.05, 0.1) is 0 Å². The van der Waals surface area contributed by atoms with Gasteiger partial charge < -0.3 is 10.1 Å². The van der Waals surface area contributed by atoms with Gasteiger partial charge in [-0.25, -0.2) is 9.55 Å². The van der Waals surface area contributed by atoms with Gasteiger partial charge in [-0.1, -0.05) is 39.7 Å². The quantitative estimate of drug-likeness (QED) is 0.396. The molecule has 8 heteroatoms. The van der Waals surface area contributed by atoms with Gasteiger partial charge in [0.1, 0.15) is 12.7 Å². The molecule has 0 aliphatic carbocycles. The molecule has 2 rings (SSSR count). The van der Waals surface area contributed by atoms with E-state index in [1.807, 2.05) is 24.3 Å². The number of benzene rings is 1. The van der Waals surface area contributed by atoms with Crippen LogP contribution in [-0.4, -0.2) is 37.8 Å². The zero-order valence-corrected chi connectivity index (χ0v) is 14.2. The third-order valence-corrected chi connectivity index (χ3v) is 3.86. The number of alkyl halides is 1. The van der Waals surface area contributed by atoms with E-state index in [1.54, 1.807) is 4.57 Å². The molecule has 0 saturated heterocycles. The third kappa shape index (κ3) is 4.79.